The van der Waals surface area contributed by atoms with Crippen LogP contribution in [0.4, 0.5) is 5.69 Å². The molecule has 0 fully saturated rings. The van der Waals surface area contributed by atoms with Crippen molar-refractivity contribution >= 4 is 17.6 Å². The Kier molecular flexibility index (Phi) is 6.57. The molecule has 5 heteroatoms. The number of amides is 1. The topological polar surface area (TPSA) is 58.6 Å². The van der Waals surface area contributed by atoms with Gasteiger partial charge < -0.3 is 15.0 Å². The Morgan fingerprint density at radius 2 is 1.72 bits per heavy atom. The second-order valence-electron chi connectivity index (χ2n) is 5.81. The van der Waals surface area contributed by atoms with Crippen molar-refractivity contribution in [3.05, 3.63) is 65.7 Å². The summed E-state index contributed by atoms with van der Waals surface area (Å²) in [6, 6.07) is 16.5. The first-order chi connectivity index (χ1) is 12.0. The molecule has 5 nitrogen and oxygen atoms in total. The van der Waals surface area contributed by atoms with E-state index in [1.807, 2.05) is 42.5 Å². The number of rotatable bonds is 7. The van der Waals surface area contributed by atoms with Crippen LogP contribution >= 0.6 is 0 Å². The molecule has 25 heavy (non-hydrogen) atoms. The molecule has 1 amide bonds. The molecule has 0 saturated carbocycles. The lowest BCUT2D eigenvalue weighted by molar-refractivity contribution is -0.143. The minimum atomic E-state index is -0.534. The maximum atomic E-state index is 12.8. The molecular weight excluding hydrogens is 316 g/mol. The molecule has 0 radical (unpaired) electrons. The number of nitrogens with one attached hydrogen (secondary N) is 1. The van der Waals surface area contributed by atoms with E-state index in [1.165, 1.54) is 0 Å². The second-order valence-corrected chi connectivity index (χ2v) is 5.81. The monoisotopic (exact) mass is 340 g/mol. The van der Waals surface area contributed by atoms with Gasteiger partial charge in [0.25, 0.3) is 5.91 Å². The molecule has 2 aromatic rings. The number of carbonyl (C=O) groups is 2. The van der Waals surface area contributed by atoms with Crippen molar-refractivity contribution < 1.29 is 14.3 Å². The summed E-state index contributed by atoms with van der Waals surface area (Å²) < 4.78 is 5.01. The van der Waals surface area contributed by atoms with Gasteiger partial charge in [0.15, 0.2) is 0 Å². The summed E-state index contributed by atoms with van der Waals surface area (Å²) in [6.07, 6.45) is 0. The van der Waals surface area contributed by atoms with Crippen LogP contribution in [0.1, 0.15) is 29.8 Å². The third kappa shape index (κ3) is 5.08. The Labute approximate surface area is 148 Å². The maximum Gasteiger partial charge on any atom is 0.328 e. The molecule has 1 atom stereocenters. The molecule has 0 saturated heterocycles. The van der Waals surface area contributed by atoms with Gasteiger partial charge in [0, 0.05) is 19.3 Å². The highest BCUT2D eigenvalue weighted by Gasteiger charge is 2.19. The summed E-state index contributed by atoms with van der Waals surface area (Å²) in [4.78, 5) is 26.3. The van der Waals surface area contributed by atoms with Gasteiger partial charge in [-0.25, -0.2) is 4.79 Å². The number of hydrogen-bond donors (Lipinski definition) is 1. The van der Waals surface area contributed by atoms with E-state index in [1.54, 1.807) is 37.9 Å². The van der Waals surface area contributed by atoms with Crippen molar-refractivity contribution in [2.45, 2.75) is 26.4 Å². The van der Waals surface area contributed by atoms with Crippen molar-refractivity contribution in [1.82, 2.24) is 4.90 Å². The third-order valence-corrected chi connectivity index (χ3v) is 3.78. The van der Waals surface area contributed by atoms with Crippen molar-refractivity contribution in [1.29, 1.82) is 0 Å². The summed E-state index contributed by atoms with van der Waals surface area (Å²) in [5.74, 6) is -0.453. The van der Waals surface area contributed by atoms with Crippen molar-refractivity contribution in [2.75, 3.05) is 19.0 Å². The summed E-state index contributed by atoms with van der Waals surface area (Å²) >= 11 is 0. The number of anilines is 1. The van der Waals surface area contributed by atoms with Crippen LogP contribution < -0.4 is 5.32 Å². The second kappa shape index (κ2) is 8.87. The van der Waals surface area contributed by atoms with E-state index < -0.39 is 6.04 Å². The van der Waals surface area contributed by atoms with Gasteiger partial charge in [0.1, 0.15) is 6.04 Å². The van der Waals surface area contributed by atoms with Gasteiger partial charge in [0.05, 0.1) is 12.2 Å². The van der Waals surface area contributed by atoms with Crippen LogP contribution in [-0.4, -0.2) is 36.5 Å². The summed E-state index contributed by atoms with van der Waals surface area (Å²) in [5, 5.41) is 3.07. The number of nitrogens with zero attached hydrogens (tertiary/aromatic N) is 1. The molecular formula is C20H24N2O3. The highest BCUT2D eigenvalue weighted by Crippen LogP contribution is 2.19. The Bertz CT molecular complexity index is 716. The lowest BCUT2D eigenvalue weighted by atomic mass is 10.1. The zero-order chi connectivity index (χ0) is 18.2. The van der Waals surface area contributed by atoms with Crippen LogP contribution in [0.3, 0.4) is 0 Å². The minimum absolute atomic E-state index is 0.108. The van der Waals surface area contributed by atoms with Gasteiger partial charge in [-0.3, -0.25) is 4.79 Å². The summed E-state index contributed by atoms with van der Waals surface area (Å²) in [5.41, 5.74) is 2.20. The van der Waals surface area contributed by atoms with E-state index in [-0.39, 0.29) is 11.9 Å². The first kappa shape index (κ1) is 18.5. The van der Waals surface area contributed by atoms with Crippen LogP contribution in [0, 0.1) is 0 Å². The third-order valence-electron chi connectivity index (χ3n) is 3.78. The predicted octanol–water partition coefficient (Wildman–Crippen LogP) is 3.32. The highest BCUT2D eigenvalue weighted by molar-refractivity contribution is 6.00. The molecule has 2 aromatic carbocycles. The van der Waals surface area contributed by atoms with Gasteiger partial charge in [-0.1, -0.05) is 42.5 Å². The van der Waals surface area contributed by atoms with Gasteiger partial charge in [0.2, 0.25) is 0 Å². The number of benzene rings is 2. The van der Waals surface area contributed by atoms with Gasteiger partial charge in [-0.15, -0.1) is 0 Å². The van der Waals surface area contributed by atoms with Crippen molar-refractivity contribution in [2.24, 2.45) is 0 Å². The fourth-order valence-corrected chi connectivity index (χ4v) is 2.49. The standard InChI is InChI=1S/C20H24N2O3/c1-4-25-20(24)15(2)21-18-13-9-8-12-17(18)19(23)22(3)14-16-10-6-5-7-11-16/h5-13,15,21H,4,14H2,1-3H3. The lowest BCUT2D eigenvalue weighted by Gasteiger charge is -2.21. The van der Waals surface area contributed by atoms with E-state index in [2.05, 4.69) is 5.32 Å². The normalized spacial score (nSPS) is 11.5. The highest BCUT2D eigenvalue weighted by atomic mass is 16.5. The fourth-order valence-electron chi connectivity index (χ4n) is 2.49. The Morgan fingerprint density at radius 1 is 1.08 bits per heavy atom. The molecule has 0 heterocycles. The fraction of sp³-hybridized carbons (Fsp3) is 0.300. The Morgan fingerprint density at radius 3 is 2.40 bits per heavy atom. The number of carbonyl (C=O) groups excluding carboxylic acids is 2. The van der Waals surface area contributed by atoms with Gasteiger partial charge in [-0.2, -0.15) is 0 Å². The van der Waals surface area contributed by atoms with Crippen LogP contribution in [0.2, 0.25) is 0 Å². The van der Waals surface area contributed by atoms with E-state index in [0.717, 1.165) is 5.56 Å². The molecule has 0 aromatic heterocycles. The molecule has 0 bridgehead atoms. The molecule has 1 N–H and O–H groups in total. The van der Waals surface area contributed by atoms with E-state index >= 15 is 0 Å². The predicted molar refractivity (Wildman–Crippen MR) is 98.4 cm³/mol. The molecule has 0 spiro atoms. The average Bonchev–Trinajstić information content (AvgIpc) is 2.62. The van der Waals surface area contributed by atoms with E-state index in [4.69, 9.17) is 4.74 Å². The minimum Gasteiger partial charge on any atom is -0.464 e. The van der Waals surface area contributed by atoms with Crippen LogP contribution in [-0.2, 0) is 16.1 Å². The van der Waals surface area contributed by atoms with Crippen molar-refractivity contribution in [3.8, 4) is 0 Å². The van der Waals surface area contributed by atoms with Gasteiger partial charge >= 0.3 is 5.97 Å². The molecule has 0 aliphatic rings. The van der Waals surface area contributed by atoms with Crippen LogP contribution in [0.25, 0.3) is 0 Å². The molecule has 2 rings (SSSR count). The zero-order valence-electron chi connectivity index (χ0n) is 14.9. The quantitative estimate of drug-likeness (QED) is 0.786. The summed E-state index contributed by atoms with van der Waals surface area (Å²) in [7, 11) is 1.76. The smallest absolute Gasteiger partial charge is 0.328 e. The first-order valence-electron chi connectivity index (χ1n) is 8.34. The van der Waals surface area contributed by atoms with Crippen LogP contribution in [0.15, 0.2) is 54.6 Å². The lowest BCUT2D eigenvalue weighted by Crippen LogP contribution is -2.31. The average molecular weight is 340 g/mol. The van der Waals surface area contributed by atoms with Crippen LogP contribution in [0.5, 0.6) is 0 Å². The number of para-hydroxylation sites is 1. The number of hydrogen-bond acceptors (Lipinski definition) is 4. The molecule has 0 aliphatic heterocycles. The maximum absolute atomic E-state index is 12.8. The molecule has 1 unspecified atom stereocenters. The van der Waals surface area contributed by atoms with E-state index in [9.17, 15) is 9.59 Å². The number of ether oxygens (including phenoxy) is 1. The Balaban J connectivity index is 2.13. The van der Waals surface area contributed by atoms with Crippen molar-refractivity contribution in [3.63, 3.8) is 0 Å². The summed E-state index contributed by atoms with van der Waals surface area (Å²) in [6.45, 7) is 4.32. The largest absolute Gasteiger partial charge is 0.464 e. The molecule has 0 aliphatic carbocycles. The SMILES string of the molecule is CCOC(=O)C(C)Nc1ccccc1C(=O)N(C)Cc1ccccc1. The number of esters is 1. The Hall–Kier alpha value is -2.82. The van der Waals surface area contributed by atoms with E-state index in [0.29, 0.717) is 24.4 Å². The first-order valence-corrected chi connectivity index (χ1v) is 8.34. The molecule has 132 valence electrons. The van der Waals surface area contributed by atoms with Gasteiger partial charge in [-0.05, 0) is 31.5 Å². The zero-order valence-corrected chi connectivity index (χ0v) is 14.9.